The molecule has 29 heavy (non-hydrogen) atoms. The Hall–Kier alpha value is -2.28. The third-order valence-electron chi connectivity index (χ3n) is 5.48. The number of carbonyl (C=O) groups is 2. The number of ether oxygens (including phenoxy) is 2. The van der Waals surface area contributed by atoms with E-state index < -0.39 is 0 Å². The van der Waals surface area contributed by atoms with Crippen LogP contribution in [0.4, 0.5) is 0 Å². The predicted octanol–water partition coefficient (Wildman–Crippen LogP) is 2.01. The number of likely N-dealkylation sites (tertiary alicyclic amines) is 1. The highest BCUT2D eigenvalue weighted by Gasteiger charge is 2.25. The van der Waals surface area contributed by atoms with Crippen molar-refractivity contribution in [1.29, 1.82) is 0 Å². The number of hydrogen-bond acceptors (Lipinski definition) is 5. The zero-order chi connectivity index (χ0) is 20.5. The molecule has 2 amide bonds. The molecule has 0 bridgehead atoms. The molecule has 3 rings (SSSR count). The first kappa shape index (κ1) is 21.4. The summed E-state index contributed by atoms with van der Waals surface area (Å²) in [5.74, 6) is 1.85. The van der Waals surface area contributed by atoms with Gasteiger partial charge in [0.2, 0.25) is 11.8 Å². The number of benzene rings is 1. The molecule has 160 valence electrons. The third kappa shape index (κ3) is 6.35. The van der Waals surface area contributed by atoms with Crippen molar-refractivity contribution < 1.29 is 19.1 Å². The Kier molecular flexibility index (Phi) is 8.16. The molecule has 7 heteroatoms. The first-order valence-electron chi connectivity index (χ1n) is 10.8. The van der Waals surface area contributed by atoms with Crippen LogP contribution in [0.15, 0.2) is 24.3 Å². The maximum Gasteiger partial charge on any atom is 0.236 e. The van der Waals surface area contributed by atoms with Crippen LogP contribution in [-0.4, -0.2) is 85.5 Å². The number of rotatable bonds is 9. The lowest BCUT2D eigenvalue weighted by molar-refractivity contribution is -0.134. The molecule has 7 nitrogen and oxygen atoms in total. The minimum Gasteiger partial charge on any atom is -0.490 e. The van der Waals surface area contributed by atoms with E-state index >= 15 is 0 Å². The lowest BCUT2D eigenvalue weighted by Crippen LogP contribution is -2.51. The van der Waals surface area contributed by atoms with Crippen molar-refractivity contribution >= 4 is 11.8 Å². The Morgan fingerprint density at radius 1 is 0.862 bits per heavy atom. The summed E-state index contributed by atoms with van der Waals surface area (Å²) in [7, 11) is 0. The number of piperazine rings is 1. The molecule has 2 aliphatic heterocycles. The molecule has 1 aromatic carbocycles. The molecular formula is C22H33N3O4. The second-order valence-corrected chi connectivity index (χ2v) is 7.58. The number of nitrogens with zero attached hydrogens (tertiary/aromatic N) is 3. The topological polar surface area (TPSA) is 62.3 Å². The molecule has 2 heterocycles. The molecule has 1 aromatic rings. The predicted molar refractivity (Wildman–Crippen MR) is 111 cm³/mol. The highest BCUT2D eigenvalue weighted by Crippen LogP contribution is 2.26. The zero-order valence-electron chi connectivity index (χ0n) is 17.5. The van der Waals surface area contributed by atoms with Crippen LogP contribution in [0.25, 0.3) is 0 Å². The summed E-state index contributed by atoms with van der Waals surface area (Å²) < 4.78 is 11.3. The summed E-state index contributed by atoms with van der Waals surface area (Å²) in [6, 6.07) is 7.60. The molecular weight excluding hydrogens is 370 g/mol. The van der Waals surface area contributed by atoms with Gasteiger partial charge in [-0.1, -0.05) is 12.1 Å². The number of carbonyl (C=O) groups excluding carboxylic acids is 2. The Labute approximate surface area is 173 Å². The molecule has 0 radical (unpaired) electrons. The summed E-state index contributed by atoms with van der Waals surface area (Å²) in [6.07, 6.45) is 3.39. The maximum atomic E-state index is 12.5. The number of hydrogen-bond donors (Lipinski definition) is 0. The maximum absolute atomic E-state index is 12.5. The molecule has 2 saturated heterocycles. The van der Waals surface area contributed by atoms with Gasteiger partial charge in [-0.15, -0.1) is 0 Å². The lowest BCUT2D eigenvalue weighted by atomic mass is 10.2. The molecule has 0 aliphatic carbocycles. The SMILES string of the molecule is CCOc1ccccc1OCCCC(=O)N1CCN(CC(=O)N2CCCC2)CC1. The van der Waals surface area contributed by atoms with Gasteiger partial charge < -0.3 is 19.3 Å². The van der Waals surface area contributed by atoms with Crippen LogP contribution in [0.5, 0.6) is 11.5 Å². The van der Waals surface area contributed by atoms with E-state index in [9.17, 15) is 9.59 Å². The van der Waals surface area contributed by atoms with Gasteiger partial charge in [0.05, 0.1) is 19.8 Å². The van der Waals surface area contributed by atoms with E-state index in [0.29, 0.717) is 45.7 Å². The molecule has 0 saturated carbocycles. The fraction of sp³-hybridized carbons (Fsp3) is 0.636. The Morgan fingerprint density at radius 2 is 1.48 bits per heavy atom. The largest absolute Gasteiger partial charge is 0.490 e. The van der Waals surface area contributed by atoms with Gasteiger partial charge >= 0.3 is 0 Å². The van der Waals surface area contributed by atoms with E-state index in [4.69, 9.17) is 9.47 Å². The molecule has 0 aromatic heterocycles. The van der Waals surface area contributed by atoms with Gasteiger partial charge in [0.25, 0.3) is 0 Å². The van der Waals surface area contributed by atoms with Crippen molar-refractivity contribution in [3.05, 3.63) is 24.3 Å². The smallest absolute Gasteiger partial charge is 0.236 e. The van der Waals surface area contributed by atoms with Gasteiger partial charge in [0.15, 0.2) is 11.5 Å². The van der Waals surface area contributed by atoms with Gasteiger partial charge in [-0.05, 0) is 38.3 Å². The van der Waals surface area contributed by atoms with Crippen molar-refractivity contribution in [3.63, 3.8) is 0 Å². The highest BCUT2D eigenvalue weighted by molar-refractivity contribution is 5.79. The van der Waals surface area contributed by atoms with Crippen LogP contribution in [0.2, 0.25) is 0 Å². The summed E-state index contributed by atoms with van der Waals surface area (Å²) in [5, 5.41) is 0. The van der Waals surface area contributed by atoms with Gasteiger partial charge in [-0.2, -0.15) is 0 Å². The van der Waals surface area contributed by atoms with Crippen molar-refractivity contribution in [2.75, 3.05) is 59.0 Å². The molecule has 0 spiro atoms. The van der Waals surface area contributed by atoms with E-state index in [0.717, 1.165) is 50.5 Å². The van der Waals surface area contributed by atoms with Crippen LogP contribution in [0.3, 0.4) is 0 Å². The molecule has 0 unspecified atom stereocenters. The van der Waals surface area contributed by atoms with Gasteiger partial charge in [-0.25, -0.2) is 0 Å². The highest BCUT2D eigenvalue weighted by atomic mass is 16.5. The van der Waals surface area contributed by atoms with E-state index in [2.05, 4.69) is 4.90 Å². The average Bonchev–Trinajstić information content (AvgIpc) is 3.28. The number of amides is 2. The second kappa shape index (κ2) is 11.0. The minimum absolute atomic E-state index is 0.164. The van der Waals surface area contributed by atoms with Gasteiger partial charge in [0, 0.05) is 45.7 Å². The van der Waals surface area contributed by atoms with Crippen LogP contribution in [-0.2, 0) is 9.59 Å². The fourth-order valence-electron chi connectivity index (χ4n) is 3.82. The van der Waals surface area contributed by atoms with Crippen molar-refractivity contribution in [2.24, 2.45) is 0 Å². The van der Waals surface area contributed by atoms with Crippen LogP contribution < -0.4 is 9.47 Å². The fourth-order valence-corrected chi connectivity index (χ4v) is 3.82. The Balaban J connectivity index is 1.32. The lowest BCUT2D eigenvalue weighted by Gasteiger charge is -2.35. The number of para-hydroxylation sites is 2. The van der Waals surface area contributed by atoms with E-state index in [1.807, 2.05) is 41.0 Å². The van der Waals surface area contributed by atoms with Crippen LogP contribution in [0.1, 0.15) is 32.6 Å². The minimum atomic E-state index is 0.164. The first-order chi connectivity index (χ1) is 14.2. The monoisotopic (exact) mass is 403 g/mol. The third-order valence-corrected chi connectivity index (χ3v) is 5.48. The second-order valence-electron chi connectivity index (χ2n) is 7.58. The first-order valence-corrected chi connectivity index (χ1v) is 10.8. The van der Waals surface area contributed by atoms with Gasteiger partial charge in [-0.3, -0.25) is 14.5 Å². The molecule has 2 aliphatic rings. The normalized spacial score (nSPS) is 17.4. The van der Waals surface area contributed by atoms with Crippen molar-refractivity contribution in [1.82, 2.24) is 14.7 Å². The standard InChI is InChI=1S/C22H33N3O4/c1-2-28-19-8-3-4-9-20(19)29-17-7-10-21(26)25-15-13-23(14-16-25)18-22(27)24-11-5-6-12-24/h3-4,8-9H,2,5-7,10-18H2,1H3. The summed E-state index contributed by atoms with van der Waals surface area (Å²) in [5.41, 5.74) is 0. The molecule has 0 atom stereocenters. The molecule has 0 N–H and O–H groups in total. The van der Waals surface area contributed by atoms with Gasteiger partial charge in [0.1, 0.15) is 0 Å². The zero-order valence-corrected chi connectivity index (χ0v) is 17.5. The van der Waals surface area contributed by atoms with Crippen molar-refractivity contribution in [2.45, 2.75) is 32.6 Å². The average molecular weight is 404 g/mol. The van der Waals surface area contributed by atoms with E-state index in [1.54, 1.807) is 0 Å². The van der Waals surface area contributed by atoms with E-state index in [1.165, 1.54) is 0 Å². The Morgan fingerprint density at radius 3 is 2.14 bits per heavy atom. The van der Waals surface area contributed by atoms with E-state index in [-0.39, 0.29) is 11.8 Å². The molecule has 2 fully saturated rings. The summed E-state index contributed by atoms with van der Waals surface area (Å²) >= 11 is 0. The van der Waals surface area contributed by atoms with Crippen LogP contribution in [0, 0.1) is 0 Å². The van der Waals surface area contributed by atoms with Crippen molar-refractivity contribution in [3.8, 4) is 11.5 Å². The summed E-state index contributed by atoms with van der Waals surface area (Å²) in [4.78, 5) is 30.8. The quantitative estimate of drug-likeness (QED) is 0.591. The van der Waals surface area contributed by atoms with Crippen LogP contribution >= 0.6 is 0 Å². The summed E-state index contributed by atoms with van der Waals surface area (Å²) in [6.45, 7) is 8.22. The Bertz CT molecular complexity index is 668.